The van der Waals surface area contributed by atoms with E-state index >= 15 is 0 Å². The van der Waals surface area contributed by atoms with Gasteiger partial charge in [-0.15, -0.1) is 0 Å². The summed E-state index contributed by atoms with van der Waals surface area (Å²) in [5, 5.41) is 17.6. The first kappa shape index (κ1) is 18.2. The van der Waals surface area contributed by atoms with Gasteiger partial charge in [0.2, 0.25) is 10.0 Å². The van der Waals surface area contributed by atoms with Crippen LogP contribution in [0.4, 0.5) is 13.2 Å². The summed E-state index contributed by atoms with van der Waals surface area (Å²) in [6.07, 6.45) is -4.67. The highest BCUT2D eigenvalue weighted by Crippen LogP contribution is 2.34. The van der Waals surface area contributed by atoms with E-state index in [4.69, 9.17) is 10.4 Å². The minimum absolute atomic E-state index is 0.0827. The number of carboxylic acids is 1. The highest BCUT2D eigenvalue weighted by molar-refractivity contribution is 7.89. The van der Waals surface area contributed by atoms with Crippen molar-refractivity contribution in [1.82, 2.24) is 4.31 Å². The monoisotopic (exact) mass is 362 g/mol. The fourth-order valence-corrected chi connectivity index (χ4v) is 4.00. The van der Waals surface area contributed by atoms with Gasteiger partial charge in [0.25, 0.3) is 0 Å². The molecular weight excluding hydrogens is 349 g/mol. The van der Waals surface area contributed by atoms with Crippen LogP contribution in [0.15, 0.2) is 23.1 Å². The van der Waals surface area contributed by atoms with Crippen molar-refractivity contribution in [1.29, 1.82) is 5.26 Å². The Balaban J connectivity index is 2.34. The van der Waals surface area contributed by atoms with Crippen LogP contribution in [0, 0.1) is 17.2 Å². The number of nitrogens with zero attached hydrogens (tertiary/aromatic N) is 2. The van der Waals surface area contributed by atoms with Gasteiger partial charge < -0.3 is 5.11 Å². The number of rotatable bonds is 3. The van der Waals surface area contributed by atoms with E-state index in [0.717, 1.165) is 16.4 Å². The van der Waals surface area contributed by atoms with Gasteiger partial charge in [-0.1, -0.05) is 0 Å². The number of aliphatic carboxylic acids is 1. The average molecular weight is 362 g/mol. The SMILES string of the molecule is N#Cc1ccc(S(=O)(=O)N2CCC(C(=O)O)CC2)cc1C(F)(F)F. The van der Waals surface area contributed by atoms with Gasteiger partial charge in [0.15, 0.2) is 0 Å². The van der Waals surface area contributed by atoms with E-state index in [1.54, 1.807) is 0 Å². The Kier molecular flexibility index (Phi) is 4.87. The summed E-state index contributed by atoms with van der Waals surface area (Å²) in [5.41, 5.74) is -1.97. The molecule has 1 heterocycles. The van der Waals surface area contributed by atoms with Crippen LogP contribution in [0.1, 0.15) is 24.0 Å². The molecule has 2 rings (SSSR count). The van der Waals surface area contributed by atoms with Crippen LogP contribution in [0.5, 0.6) is 0 Å². The molecule has 0 atom stereocenters. The van der Waals surface area contributed by atoms with E-state index < -0.39 is 44.1 Å². The van der Waals surface area contributed by atoms with Crippen molar-refractivity contribution in [3.63, 3.8) is 0 Å². The molecule has 0 aliphatic carbocycles. The van der Waals surface area contributed by atoms with E-state index in [0.29, 0.717) is 6.07 Å². The molecule has 0 spiro atoms. The van der Waals surface area contributed by atoms with Crippen LogP contribution in [-0.2, 0) is 21.0 Å². The molecule has 6 nitrogen and oxygen atoms in total. The summed E-state index contributed by atoms with van der Waals surface area (Å²) in [4.78, 5) is 10.3. The number of hydrogen-bond donors (Lipinski definition) is 1. The normalized spacial score (nSPS) is 17.4. The average Bonchev–Trinajstić information content (AvgIpc) is 2.53. The molecule has 0 aromatic heterocycles. The van der Waals surface area contributed by atoms with Crippen molar-refractivity contribution < 1.29 is 31.5 Å². The number of piperidine rings is 1. The molecule has 0 saturated carbocycles. The summed E-state index contributed by atoms with van der Waals surface area (Å²) in [7, 11) is -4.19. The second-order valence-corrected chi connectivity index (χ2v) is 7.27. The molecule has 1 aromatic carbocycles. The Hall–Kier alpha value is -2.12. The fraction of sp³-hybridized carbons (Fsp3) is 0.429. The summed E-state index contributed by atoms with van der Waals surface area (Å²) < 4.78 is 64.8. The van der Waals surface area contributed by atoms with Crippen molar-refractivity contribution in [3.8, 4) is 6.07 Å². The zero-order valence-corrected chi connectivity index (χ0v) is 13.1. The van der Waals surface area contributed by atoms with Gasteiger partial charge in [0, 0.05) is 13.1 Å². The van der Waals surface area contributed by atoms with Crippen LogP contribution < -0.4 is 0 Å². The standard InChI is InChI=1S/C14H13F3N2O4S/c15-14(16,17)12-7-11(2-1-10(12)8-18)24(22,23)19-5-3-9(4-6-19)13(20)21/h1-2,7,9H,3-6H2,(H,20,21). The fourth-order valence-electron chi connectivity index (χ4n) is 2.51. The first-order chi connectivity index (χ1) is 11.1. The van der Waals surface area contributed by atoms with Crippen molar-refractivity contribution >= 4 is 16.0 Å². The lowest BCUT2D eigenvalue weighted by molar-refractivity contribution is -0.143. The minimum Gasteiger partial charge on any atom is -0.481 e. The Bertz CT molecular complexity index is 791. The molecule has 1 N–H and O–H groups in total. The van der Waals surface area contributed by atoms with Gasteiger partial charge in [0.05, 0.1) is 28.0 Å². The van der Waals surface area contributed by atoms with Gasteiger partial charge in [-0.3, -0.25) is 4.79 Å². The number of sulfonamides is 1. The quantitative estimate of drug-likeness (QED) is 0.887. The topological polar surface area (TPSA) is 98.5 Å². The number of hydrogen-bond acceptors (Lipinski definition) is 4. The predicted octanol–water partition coefficient (Wildman–Crippen LogP) is 2.06. The Labute approximate surface area is 136 Å². The van der Waals surface area contributed by atoms with Gasteiger partial charge in [0.1, 0.15) is 0 Å². The van der Waals surface area contributed by atoms with E-state index in [2.05, 4.69) is 0 Å². The molecular formula is C14H13F3N2O4S. The molecule has 1 aliphatic rings. The van der Waals surface area contributed by atoms with E-state index in [-0.39, 0.29) is 25.9 Å². The van der Waals surface area contributed by atoms with Gasteiger partial charge >= 0.3 is 12.1 Å². The van der Waals surface area contributed by atoms with Crippen LogP contribution in [0.3, 0.4) is 0 Å². The third-order valence-electron chi connectivity index (χ3n) is 3.86. The Morgan fingerprint density at radius 3 is 2.33 bits per heavy atom. The molecule has 130 valence electrons. The number of alkyl halides is 3. The molecule has 1 fully saturated rings. The molecule has 0 radical (unpaired) electrons. The second kappa shape index (κ2) is 6.41. The summed E-state index contributed by atoms with van der Waals surface area (Å²) in [6.45, 7) is -0.165. The summed E-state index contributed by atoms with van der Waals surface area (Å²) in [6, 6.07) is 3.60. The molecule has 0 unspecified atom stereocenters. The Morgan fingerprint density at radius 1 is 1.29 bits per heavy atom. The van der Waals surface area contributed by atoms with Gasteiger partial charge in [-0.05, 0) is 31.0 Å². The number of halogens is 3. The first-order valence-corrected chi connectivity index (χ1v) is 8.35. The van der Waals surface area contributed by atoms with Crippen LogP contribution in [-0.4, -0.2) is 36.9 Å². The first-order valence-electron chi connectivity index (χ1n) is 6.91. The van der Waals surface area contributed by atoms with Crippen molar-refractivity contribution in [2.45, 2.75) is 23.9 Å². The van der Waals surface area contributed by atoms with E-state index in [1.807, 2.05) is 0 Å². The maximum Gasteiger partial charge on any atom is 0.417 e. The molecule has 24 heavy (non-hydrogen) atoms. The lowest BCUT2D eigenvalue weighted by Crippen LogP contribution is -2.40. The Morgan fingerprint density at radius 2 is 1.88 bits per heavy atom. The molecule has 1 saturated heterocycles. The maximum absolute atomic E-state index is 13.0. The number of carbonyl (C=O) groups is 1. The van der Waals surface area contributed by atoms with Gasteiger partial charge in [-0.2, -0.15) is 22.7 Å². The highest BCUT2D eigenvalue weighted by atomic mass is 32.2. The molecule has 10 heteroatoms. The van der Waals surface area contributed by atoms with Crippen molar-refractivity contribution in [2.75, 3.05) is 13.1 Å². The largest absolute Gasteiger partial charge is 0.481 e. The zero-order chi connectivity index (χ0) is 18.1. The lowest BCUT2D eigenvalue weighted by Gasteiger charge is -2.29. The smallest absolute Gasteiger partial charge is 0.417 e. The van der Waals surface area contributed by atoms with E-state index in [1.165, 1.54) is 6.07 Å². The van der Waals surface area contributed by atoms with Crippen molar-refractivity contribution in [3.05, 3.63) is 29.3 Å². The molecule has 1 aliphatic heterocycles. The minimum atomic E-state index is -4.85. The maximum atomic E-state index is 13.0. The number of carboxylic acid groups (broad SMARTS) is 1. The molecule has 1 aromatic rings. The number of benzene rings is 1. The van der Waals surface area contributed by atoms with E-state index in [9.17, 15) is 26.4 Å². The number of nitriles is 1. The van der Waals surface area contributed by atoms with Crippen molar-refractivity contribution in [2.24, 2.45) is 5.92 Å². The van der Waals surface area contributed by atoms with Crippen LogP contribution in [0.2, 0.25) is 0 Å². The summed E-state index contributed by atoms with van der Waals surface area (Å²) in [5.74, 6) is -1.69. The zero-order valence-electron chi connectivity index (χ0n) is 12.2. The molecule has 0 amide bonds. The lowest BCUT2D eigenvalue weighted by atomic mass is 9.99. The summed E-state index contributed by atoms with van der Waals surface area (Å²) >= 11 is 0. The third-order valence-corrected chi connectivity index (χ3v) is 5.75. The second-order valence-electron chi connectivity index (χ2n) is 5.33. The van der Waals surface area contributed by atoms with Crippen LogP contribution in [0.25, 0.3) is 0 Å². The predicted molar refractivity (Wildman–Crippen MR) is 75.3 cm³/mol. The van der Waals surface area contributed by atoms with Gasteiger partial charge in [-0.25, -0.2) is 8.42 Å². The van der Waals surface area contributed by atoms with Crippen LogP contribution >= 0.6 is 0 Å². The molecule has 0 bridgehead atoms. The third kappa shape index (κ3) is 3.52. The highest BCUT2D eigenvalue weighted by Gasteiger charge is 2.37.